The van der Waals surface area contributed by atoms with E-state index in [2.05, 4.69) is 59.1 Å². The Labute approximate surface area is 517 Å². The molecule has 10 rings (SSSR count). The second-order valence-electron chi connectivity index (χ2n) is 20.3. The maximum absolute atomic E-state index is 12.4. The quantitative estimate of drug-likeness (QED) is 0.0690. The summed E-state index contributed by atoms with van der Waals surface area (Å²) < 4.78 is 22.3. The number of nitrogens with zero attached hydrogens (tertiary/aromatic N) is 3. The minimum atomic E-state index is -0.138. The van der Waals surface area contributed by atoms with Crippen LogP contribution in [-0.4, -0.2) is 105 Å². The van der Waals surface area contributed by atoms with E-state index in [-0.39, 0.29) is 17.8 Å². The van der Waals surface area contributed by atoms with Crippen LogP contribution in [0.25, 0.3) is 0 Å². The second-order valence-corrected chi connectivity index (χ2v) is 22.8. The lowest BCUT2D eigenvalue weighted by Gasteiger charge is -2.32. The average Bonchev–Trinajstić information content (AvgIpc) is 4.14. The van der Waals surface area contributed by atoms with Gasteiger partial charge in [-0.3, -0.25) is 0 Å². The number of rotatable bonds is 12. The van der Waals surface area contributed by atoms with Crippen molar-refractivity contribution in [3.63, 3.8) is 0 Å². The molecule has 4 N–H and O–H groups in total. The first-order chi connectivity index (χ1) is 40.1. The van der Waals surface area contributed by atoms with Gasteiger partial charge in [0.05, 0.1) is 55.6 Å². The molecular formula is C63H72Cl6N6O8. The highest BCUT2D eigenvalue weighted by atomic mass is 35.5. The van der Waals surface area contributed by atoms with Crippen LogP contribution in [0.5, 0.6) is 23.0 Å². The number of anilines is 2. The maximum Gasteiger partial charge on any atom is 0.321 e. The number of phenolic OH excluding ortho intramolecular Hbond substituents is 1. The number of carbonyl (C=O) groups is 2. The Kier molecular flexibility index (Phi) is 28.8. The summed E-state index contributed by atoms with van der Waals surface area (Å²) in [6.45, 7) is 13.4. The van der Waals surface area contributed by atoms with E-state index in [1.807, 2.05) is 29.2 Å². The van der Waals surface area contributed by atoms with Crippen molar-refractivity contribution in [2.75, 3.05) is 82.9 Å². The van der Waals surface area contributed by atoms with E-state index in [0.29, 0.717) is 85.3 Å². The number of ether oxygens (including phenoxy) is 4. The molecule has 6 aromatic rings. The molecule has 14 nitrogen and oxygen atoms in total. The van der Waals surface area contributed by atoms with Gasteiger partial charge in [-0.05, 0) is 199 Å². The minimum Gasteiger partial charge on any atom is -0.508 e. The molecule has 4 heterocycles. The lowest BCUT2D eigenvalue weighted by Crippen LogP contribution is -2.42. The van der Waals surface area contributed by atoms with Gasteiger partial charge in [0.2, 0.25) is 6.08 Å². The number of aryl methyl sites for hydroxylation is 2. The van der Waals surface area contributed by atoms with Crippen LogP contribution in [0.2, 0.25) is 30.1 Å². The van der Waals surface area contributed by atoms with Crippen LogP contribution in [0.4, 0.5) is 26.7 Å². The number of phenols is 1. The first-order valence-electron chi connectivity index (χ1n) is 27.7. The summed E-state index contributed by atoms with van der Waals surface area (Å²) in [5, 5.41) is 20.9. The van der Waals surface area contributed by atoms with Crippen molar-refractivity contribution in [1.29, 1.82) is 0 Å². The third kappa shape index (κ3) is 24.7. The van der Waals surface area contributed by atoms with E-state index in [9.17, 15) is 19.5 Å². The molecule has 20 heteroatoms. The SMILES string of the molecule is C1CCOC1.Cc1ccc(OCC2CCN(C(=O)Nc3ccc(Cl)c(Cl)c3)CC2)cc1.Cc1ccc(OCC2CCNCC2)cc1.O=C(Nc1ccc(Cl)c(Cl)c1)N1CCC(COc2ccc(O)cc2)CC1.O=C=Nc1ccc(Cl)c(Cl)c1. The molecule has 83 heavy (non-hydrogen) atoms. The van der Waals surface area contributed by atoms with Crippen LogP contribution in [-0.2, 0) is 9.53 Å². The molecule has 0 saturated carbocycles. The number of hydrogen-bond donors (Lipinski definition) is 4. The van der Waals surface area contributed by atoms with E-state index in [4.69, 9.17) is 88.6 Å². The Morgan fingerprint density at radius 1 is 0.542 bits per heavy atom. The van der Waals surface area contributed by atoms with Crippen molar-refractivity contribution in [1.82, 2.24) is 15.1 Å². The summed E-state index contributed by atoms with van der Waals surface area (Å²) in [4.78, 5) is 41.5. The fourth-order valence-electron chi connectivity index (χ4n) is 8.78. The summed E-state index contributed by atoms with van der Waals surface area (Å²) >= 11 is 35.0. The molecule has 0 bridgehead atoms. The smallest absolute Gasteiger partial charge is 0.321 e. The topological polar surface area (TPSA) is 163 Å². The van der Waals surface area contributed by atoms with Gasteiger partial charge < -0.3 is 49.8 Å². The highest BCUT2D eigenvalue weighted by molar-refractivity contribution is 6.43. The van der Waals surface area contributed by atoms with Gasteiger partial charge in [-0.25, -0.2) is 14.4 Å². The zero-order valence-electron chi connectivity index (χ0n) is 46.7. The van der Waals surface area contributed by atoms with Crippen molar-refractivity contribution in [2.45, 2.75) is 65.2 Å². The number of likely N-dealkylation sites (tertiary alicyclic amines) is 2. The monoisotopic (exact) mass is 1250 g/mol. The zero-order valence-corrected chi connectivity index (χ0v) is 51.2. The van der Waals surface area contributed by atoms with Gasteiger partial charge in [0.25, 0.3) is 0 Å². The zero-order chi connectivity index (χ0) is 59.3. The molecular weight excluding hydrogens is 1180 g/mol. The normalized spacial score (nSPS) is 15.2. The molecule has 6 aromatic carbocycles. The van der Waals surface area contributed by atoms with Gasteiger partial charge >= 0.3 is 12.1 Å². The number of halogens is 6. The van der Waals surface area contributed by atoms with Crippen LogP contribution in [0.15, 0.2) is 132 Å². The lowest BCUT2D eigenvalue weighted by atomic mass is 9.98. The molecule has 0 radical (unpaired) electrons. The Morgan fingerprint density at radius 3 is 1.28 bits per heavy atom. The number of aliphatic imine (C=N–C) groups is 1. The summed E-state index contributed by atoms with van der Waals surface area (Å²) in [6, 6.07) is 37.6. The molecule has 0 atom stereocenters. The van der Waals surface area contributed by atoms with Gasteiger partial charge in [-0.1, -0.05) is 105 Å². The van der Waals surface area contributed by atoms with Gasteiger partial charge in [0.15, 0.2) is 0 Å². The first-order valence-corrected chi connectivity index (χ1v) is 30.0. The highest BCUT2D eigenvalue weighted by Crippen LogP contribution is 2.29. The predicted molar refractivity (Wildman–Crippen MR) is 336 cm³/mol. The first kappa shape index (κ1) is 66.2. The molecule has 4 fully saturated rings. The summed E-state index contributed by atoms with van der Waals surface area (Å²) in [7, 11) is 0. The van der Waals surface area contributed by atoms with Gasteiger partial charge in [-0.2, -0.15) is 4.99 Å². The highest BCUT2D eigenvalue weighted by Gasteiger charge is 2.25. The number of hydrogen-bond acceptors (Lipinski definition) is 10. The van der Waals surface area contributed by atoms with Gasteiger partial charge in [0, 0.05) is 50.8 Å². The van der Waals surface area contributed by atoms with E-state index in [1.54, 1.807) is 77.7 Å². The molecule has 0 aliphatic carbocycles. The molecule has 0 aromatic heterocycles. The molecule has 444 valence electrons. The van der Waals surface area contributed by atoms with E-state index in [0.717, 1.165) is 94.8 Å². The maximum atomic E-state index is 12.4. The number of amides is 4. The number of aromatic hydroxyl groups is 1. The van der Waals surface area contributed by atoms with Crippen LogP contribution < -0.4 is 30.2 Å². The third-order valence-electron chi connectivity index (χ3n) is 13.8. The predicted octanol–water partition coefficient (Wildman–Crippen LogP) is 16.8. The summed E-state index contributed by atoms with van der Waals surface area (Å²) in [5.74, 6) is 4.45. The molecule has 4 aliphatic heterocycles. The van der Waals surface area contributed by atoms with Crippen molar-refractivity contribution in [3.05, 3.63) is 169 Å². The van der Waals surface area contributed by atoms with Crippen molar-refractivity contribution >= 4 is 105 Å². The molecule has 0 spiro atoms. The van der Waals surface area contributed by atoms with E-state index >= 15 is 0 Å². The van der Waals surface area contributed by atoms with E-state index in [1.165, 1.54) is 49.0 Å². The van der Waals surface area contributed by atoms with Crippen LogP contribution in [0.3, 0.4) is 0 Å². The standard InChI is InChI=1S/C20H22Cl2N2O2.C19H20Cl2N2O3.C13H19NO.C7H3Cl2NO.C4H8O/c1-14-2-5-17(6-3-14)26-13-15-8-10-24(11-9-15)20(25)23-16-4-7-18(21)19(22)12-16;20-17-6-1-14(11-18(17)21)22-19(25)23-9-7-13(8-10-23)12-26-16-4-2-15(24)3-5-16;1-11-2-4-13(5-3-11)15-10-12-6-8-14-9-7-12;8-6-2-1-5(10-4-11)3-7(6)9;1-2-4-5-3-1/h2-7,12,15H,8-11,13H2,1H3,(H,23,25);1-6,11,13,24H,7-10,12H2,(H,22,25);2-5,12,14H,6-10H2,1H3;1-3H;1-4H2. The van der Waals surface area contributed by atoms with Crippen molar-refractivity contribution in [2.24, 2.45) is 22.7 Å². The lowest BCUT2D eigenvalue weighted by molar-refractivity contribution is 0.152. The Morgan fingerprint density at radius 2 is 0.916 bits per heavy atom. The molecule has 4 aliphatic rings. The Bertz CT molecular complexity index is 2830. The largest absolute Gasteiger partial charge is 0.508 e. The number of urea groups is 2. The number of benzene rings is 6. The van der Waals surface area contributed by atoms with Gasteiger partial charge in [0.1, 0.15) is 23.0 Å². The van der Waals surface area contributed by atoms with Crippen molar-refractivity contribution in [3.8, 4) is 23.0 Å². The summed E-state index contributed by atoms with van der Waals surface area (Å²) in [5.41, 5.74) is 4.23. The van der Waals surface area contributed by atoms with Crippen LogP contribution in [0, 0.1) is 31.6 Å². The number of isocyanates is 1. The minimum absolute atomic E-state index is 0.110. The molecule has 4 saturated heterocycles. The summed E-state index contributed by atoms with van der Waals surface area (Å²) in [6.07, 6.45) is 10.1. The molecule has 4 amide bonds. The Hall–Kier alpha value is -5.90. The Balaban J connectivity index is 0.000000180. The van der Waals surface area contributed by atoms with Crippen molar-refractivity contribution < 1.29 is 38.4 Å². The second kappa shape index (κ2) is 36.1. The number of piperidine rings is 3. The molecule has 0 unspecified atom stereocenters. The fourth-order valence-corrected chi connectivity index (χ4v) is 9.67. The number of carbonyl (C=O) groups excluding carboxylic acids is 3. The average molecular weight is 1250 g/mol. The van der Waals surface area contributed by atoms with Gasteiger partial charge in [-0.15, -0.1) is 0 Å². The van der Waals surface area contributed by atoms with E-state index < -0.39 is 0 Å². The van der Waals surface area contributed by atoms with Crippen LogP contribution >= 0.6 is 69.6 Å². The fraction of sp³-hybridized carbons (Fsp3) is 0.381. The third-order valence-corrected chi connectivity index (χ3v) is 16.1. The van der Waals surface area contributed by atoms with Crippen LogP contribution in [0.1, 0.15) is 62.5 Å². The number of nitrogens with one attached hydrogen (secondary N) is 3.